The van der Waals surface area contributed by atoms with Gasteiger partial charge < -0.3 is 27.9 Å². The van der Waals surface area contributed by atoms with E-state index in [4.69, 9.17) is 18.5 Å². The number of unbranched alkanes of at least 4 members (excludes halogenated alkanes) is 34. The fraction of sp³-hybridized carbons (Fsp3) is 0.925. The second-order valence-corrected chi connectivity index (χ2v) is 21.0. The zero-order valence-corrected chi connectivity index (χ0v) is 43.2. The molecule has 63 heavy (non-hydrogen) atoms. The van der Waals surface area contributed by atoms with Crippen LogP contribution in [0.15, 0.2) is 12.2 Å². The molecule has 0 aromatic rings. The standard InChI is InChI=1S/C53H104NO8P/c1-6-8-10-12-14-16-18-20-22-24-25-26-27-28-30-31-33-35-37-39-41-43-45-52(55)59-49-51(50-61-63(57,58)60-48-47-54(3,4)5)62-53(56)46-44-42-40-38-36-34-32-29-23-21-19-17-15-13-11-9-7-2/h21,23,51H,6-20,22,24-50H2,1-5H3/b23-21-. The Balaban J connectivity index is 4.17. The Bertz CT molecular complexity index is 1080. The average molecular weight is 914 g/mol. The molecule has 0 saturated heterocycles. The molecule has 0 spiro atoms. The molecule has 0 aliphatic carbocycles. The van der Waals surface area contributed by atoms with Gasteiger partial charge in [-0.25, -0.2) is 0 Å². The van der Waals surface area contributed by atoms with Crippen LogP contribution in [0.4, 0.5) is 0 Å². The Morgan fingerprint density at radius 2 is 0.810 bits per heavy atom. The molecule has 0 rings (SSSR count). The highest BCUT2D eigenvalue weighted by Crippen LogP contribution is 2.38. The van der Waals surface area contributed by atoms with Gasteiger partial charge in [-0.15, -0.1) is 0 Å². The van der Waals surface area contributed by atoms with E-state index in [0.717, 1.165) is 44.9 Å². The number of allylic oxidation sites excluding steroid dienone is 2. The molecular weight excluding hydrogens is 810 g/mol. The Hall–Kier alpha value is -1.25. The number of rotatable bonds is 50. The molecule has 2 atom stereocenters. The van der Waals surface area contributed by atoms with Crippen LogP contribution >= 0.6 is 7.82 Å². The maximum Gasteiger partial charge on any atom is 0.306 e. The van der Waals surface area contributed by atoms with E-state index in [2.05, 4.69) is 26.0 Å². The first kappa shape index (κ1) is 61.8. The summed E-state index contributed by atoms with van der Waals surface area (Å²) in [5.41, 5.74) is 0. The predicted molar refractivity (Wildman–Crippen MR) is 264 cm³/mol. The largest absolute Gasteiger partial charge is 0.756 e. The quantitative estimate of drug-likeness (QED) is 0.0195. The molecule has 2 unspecified atom stereocenters. The summed E-state index contributed by atoms with van der Waals surface area (Å²) in [5, 5.41) is 0. The van der Waals surface area contributed by atoms with E-state index in [1.807, 2.05) is 21.1 Å². The van der Waals surface area contributed by atoms with Crippen molar-refractivity contribution in [2.45, 2.75) is 270 Å². The third kappa shape index (κ3) is 50.0. The van der Waals surface area contributed by atoms with Gasteiger partial charge in [0.25, 0.3) is 7.82 Å². The number of phosphoric ester groups is 1. The number of ether oxygens (including phenoxy) is 2. The van der Waals surface area contributed by atoms with E-state index < -0.39 is 26.5 Å². The molecule has 0 aliphatic heterocycles. The molecular formula is C53H104NO8P. The third-order valence-electron chi connectivity index (χ3n) is 12.0. The van der Waals surface area contributed by atoms with Crippen LogP contribution in [0.25, 0.3) is 0 Å². The third-order valence-corrected chi connectivity index (χ3v) is 13.0. The average Bonchev–Trinajstić information content (AvgIpc) is 3.24. The summed E-state index contributed by atoms with van der Waals surface area (Å²) in [7, 11) is 1.18. The van der Waals surface area contributed by atoms with Gasteiger partial charge in [0.05, 0.1) is 27.7 Å². The molecule has 0 N–H and O–H groups in total. The minimum absolute atomic E-state index is 0.0282. The lowest BCUT2D eigenvalue weighted by atomic mass is 10.0. The fourth-order valence-corrected chi connectivity index (χ4v) is 8.56. The van der Waals surface area contributed by atoms with Crippen molar-refractivity contribution < 1.29 is 42.1 Å². The van der Waals surface area contributed by atoms with E-state index in [1.54, 1.807) is 0 Å². The van der Waals surface area contributed by atoms with Crippen molar-refractivity contribution in [2.75, 3.05) is 47.5 Å². The van der Waals surface area contributed by atoms with Crippen LogP contribution in [0.3, 0.4) is 0 Å². The number of esters is 2. The number of nitrogens with zero attached hydrogens (tertiary/aromatic N) is 1. The summed E-state index contributed by atoms with van der Waals surface area (Å²) in [6.45, 7) is 4.28. The smallest absolute Gasteiger partial charge is 0.306 e. The maximum atomic E-state index is 12.7. The molecule has 0 saturated carbocycles. The van der Waals surface area contributed by atoms with E-state index >= 15 is 0 Å². The Kier molecular flexibility index (Phi) is 45.0. The van der Waals surface area contributed by atoms with E-state index in [1.165, 1.54) is 186 Å². The minimum Gasteiger partial charge on any atom is -0.756 e. The van der Waals surface area contributed by atoms with Crippen LogP contribution in [-0.4, -0.2) is 70.0 Å². The Morgan fingerprint density at radius 3 is 1.17 bits per heavy atom. The van der Waals surface area contributed by atoms with Gasteiger partial charge >= 0.3 is 11.9 Å². The van der Waals surface area contributed by atoms with E-state index in [-0.39, 0.29) is 32.0 Å². The molecule has 0 radical (unpaired) electrons. The highest BCUT2D eigenvalue weighted by atomic mass is 31.2. The fourth-order valence-electron chi connectivity index (χ4n) is 7.83. The SMILES string of the molecule is CCCCCCCC/C=C\CCCCCCCCCC(=O)OC(COC(=O)CCCCCCCCCCCCCCCCCCCCCCCC)COP(=O)([O-])OCC[N+](C)(C)C. The first-order valence-corrected chi connectivity index (χ1v) is 28.4. The van der Waals surface area contributed by atoms with Crippen LogP contribution in [0.2, 0.25) is 0 Å². The van der Waals surface area contributed by atoms with Gasteiger partial charge in [0.2, 0.25) is 0 Å². The van der Waals surface area contributed by atoms with Crippen molar-refractivity contribution in [3.05, 3.63) is 12.2 Å². The van der Waals surface area contributed by atoms with Crippen LogP contribution in [-0.2, 0) is 32.7 Å². The van der Waals surface area contributed by atoms with Crippen molar-refractivity contribution in [2.24, 2.45) is 0 Å². The number of carbonyl (C=O) groups is 2. The lowest BCUT2D eigenvalue weighted by Crippen LogP contribution is -2.37. The summed E-state index contributed by atoms with van der Waals surface area (Å²) in [6, 6.07) is 0. The van der Waals surface area contributed by atoms with Crippen molar-refractivity contribution in [1.82, 2.24) is 0 Å². The second kappa shape index (κ2) is 45.9. The van der Waals surface area contributed by atoms with Crippen LogP contribution in [0.1, 0.15) is 264 Å². The van der Waals surface area contributed by atoms with Crippen molar-refractivity contribution in [3.8, 4) is 0 Å². The molecule has 10 heteroatoms. The molecule has 0 amide bonds. The van der Waals surface area contributed by atoms with Gasteiger partial charge in [0.1, 0.15) is 19.8 Å². The van der Waals surface area contributed by atoms with Gasteiger partial charge in [-0.3, -0.25) is 14.2 Å². The zero-order chi connectivity index (χ0) is 46.4. The van der Waals surface area contributed by atoms with Gasteiger partial charge in [-0.1, -0.05) is 225 Å². The topological polar surface area (TPSA) is 111 Å². The number of quaternary nitrogens is 1. The summed E-state index contributed by atoms with van der Waals surface area (Å²) in [5.74, 6) is -0.823. The van der Waals surface area contributed by atoms with Crippen molar-refractivity contribution in [1.29, 1.82) is 0 Å². The summed E-state index contributed by atoms with van der Waals surface area (Å²) in [6.07, 6.45) is 51.0. The van der Waals surface area contributed by atoms with Crippen LogP contribution < -0.4 is 4.89 Å². The molecule has 0 heterocycles. The van der Waals surface area contributed by atoms with Crippen LogP contribution in [0.5, 0.6) is 0 Å². The maximum absolute atomic E-state index is 12.7. The van der Waals surface area contributed by atoms with Gasteiger partial charge in [-0.05, 0) is 38.5 Å². The monoisotopic (exact) mass is 914 g/mol. The zero-order valence-electron chi connectivity index (χ0n) is 42.3. The van der Waals surface area contributed by atoms with Gasteiger partial charge in [0, 0.05) is 12.8 Å². The first-order chi connectivity index (χ1) is 30.5. The minimum atomic E-state index is -4.63. The second-order valence-electron chi connectivity index (χ2n) is 19.6. The normalized spacial score (nSPS) is 13.4. The predicted octanol–water partition coefficient (Wildman–Crippen LogP) is 15.5. The Morgan fingerprint density at radius 1 is 0.476 bits per heavy atom. The summed E-state index contributed by atoms with van der Waals surface area (Å²) in [4.78, 5) is 37.7. The highest BCUT2D eigenvalue weighted by molar-refractivity contribution is 7.45. The lowest BCUT2D eigenvalue weighted by Gasteiger charge is -2.28. The lowest BCUT2D eigenvalue weighted by molar-refractivity contribution is -0.870. The number of phosphoric acid groups is 1. The van der Waals surface area contributed by atoms with Crippen molar-refractivity contribution in [3.63, 3.8) is 0 Å². The van der Waals surface area contributed by atoms with E-state index in [0.29, 0.717) is 17.4 Å². The Labute approximate surface area is 390 Å². The van der Waals surface area contributed by atoms with Crippen molar-refractivity contribution >= 4 is 19.8 Å². The molecule has 0 bridgehead atoms. The number of likely N-dealkylation sites (N-methyl/N-ethyl adjacent to an activating group) is 1. The molecule has 9 nitrogen and oxygen atoms in total. The molecule has 0 aliphatic rings. The first-order valence-electron chi connectivity index (χ1n) is 26.9. The van der Waals surface area contributed by atoms with Crippen LogP contribution in [0, 0.1) is 0 Å². The molecule has 0 fully saturated rings. The molecule has 0 aromatic carbocycles. The molecule has 0 aromatic heterocycles. The van der Waals surface area contributed by atoms with Gasteiger partial charge in [0.15, 0.2) is 6.10 Å². The highest BCUT2D eigenvalue weighted by Gasteiger charge is 2.21. The number of hydrogen-bond donors (Lipinski definition) is 0. The summed E-state index contributed by atoms with van der Waals surface area (Å²) < 4.78 is 34.1. The number of hydrogen-bond acceptors (Lipinski definition) is 8. The van der Waals surface area contributed by atoms with Gasteiger partial charge in [-0.2, -0.15) is 0 Å². The molecule has 374 valence electrons. The van der Waals surface area contributed by atoms with E-state index in [9.17, 15) is 19.0 Å². The number of carbonyl (C=O) groups excluding carboxylic acids is 2. The summed E-state index contributed by atoms with van der Waals surface area (Å²) >= 11 is 0.